The monoisotopic (exact) mass is 546 g/mol. The van der Waals surface area contributed by atoms with Crippen LogP contribution in [-0.4, -0.2) is 67.7 Å². The smallest absolute Gasteiger partial charge is 0.331 e. The van der Waals surface area contributed by atoms with E-state index in [1.54, 1.807) is 0 Å². The van der Waals surface area contributed by atoms with Crippen LogP contribution >= 0.6 is 11.8 Å². The number of rotatable bonds is 24. The summed E-state index contributed by atoms with van der Waals surface area (Å²) in [7, 11) is 1.17. The maximum atomic E-state index is 12.2. The summed E-state index contributed by atoms with van der Waals surface area (Å²) < 4.78 is 14.6. The molecule has 1 amide bonds. The number of hydrogen-bond donors (Lipinski definition) is 2. The van der Waals surface area contributed by atoms with Crippen molar-refractivity contribution >= 4 is 35.6 Å². The third-order valence-electron chi connectivity index (χ3n) is 5.86. The molecule has 0 heterocycles. The minimum Gasteiger partial charge on any atom is -0.467 e. The topological polar surface area (TPSA) is 134 Å². The molecule has 0 aliphatic rings. The highest BCUT2D eigenvalue weighted by Crippen LogP contribution is 2.13. The van der Waals surface area contributed by atoms with Crippen molar-refractivity contribution in [2.45, 2.75) is 116 Å². The number of nitrogens with two attached hydrogens (primary N) is 1. The van der Waals surface area contributed by atoms with Gasteiger partial charge >= 0.3 is 17.9 Å². The average Bonchev–Trinajstić information content (AvgIpc) is 2.88. The molecular formula is C27H50N2O7S. The van der Waals surface area contributed by atoms with Gasteiger partial charge in [-0.05, 0) is 6.42 Å². The van der Waals surface area contributed by atoms with Gasteiger partial charge in [0, 0.05) is 24.9 Å². The molecule has 37 heavy (non-hydrogen) atoms. The number of thioether (sulfide) groups is 1. The van der Waals surface area contributed by atoms with Crippen LogP contribution in [0.15, 0.2) is 0 Å². The van der Waals surface area contributed by atoms with Gasteiger partial charge in [0.1, 0.15) is 13.2 Å². The maximum Gasteiger partial charge on any atom is 0.331 e. The van der Waals surface area contributed by atoms with Crippen molar-refractivity contribution in [3.63, 3.8) is 0 Å². The minimum absolute atomic E-state index is 0.197. The fourth-order valence-electron chi connectivity index (χ4n) is 3.65. The summed E-state index contributed by atoms with van der Waals surface area (Å²) in [6, 6.07) is -2.00. The van der Waals surface area contributed by atoms with Crippen LogP contribution in [0.1, 0.15) is 104 Å². The van der Waals surface area contributed by atoms with E-state index < -0.39 is 29.9 Å². The molecule has 0 aromatic rings. The molecule has 9 nitrogen and oxygen atoms in total. The number of carbonyl (C=O) groups excluding carboxylic acids is 4. The van der Waals surface area contributed by atoms with Crippen molar-refractivity contribution in [3.8, 4) is 0 Å². The lowest BCUT2D eigenvalue weighted by atomic mass is 10.0. The standard InChI is InChI=1S/C27H50N2O7S/c1-4-5-6-7-8-9-10-11-12-13-14-15-16-17-25(31)35-18-19-37-21-23(28)26(32)29-24(27(33)34-3)20-36-22(2)30/h23-24H,4-21,28H2,1-3H3,(H,29,32)/t23-,24+/m1/s1. The second kappa shape index (κ2) is 24.5. The largest absolute Gasteiger partial charge is 0.467 e. The SMILES string of the molecule is CCCCCCCCCCCCCCCC(=O)OCCSC[C@@H](N)C(=O)N[C@@H](COC(C)=O)C(=O)OC. The van der Waals surface area contributed by atoms with Gasteiger partial charge in [-0.2, -0.15) is 11.8 Å². The molecule has 0 bridgehead atoms. The predicted molar refractivity (Wildman–Crippen MR) is 147 cm³/mol. The van der Waals surface area contributed by atoms with Gasteiger partial charge in [0.15, 0.2) is 6.04 Å². The Labute approximate surface area is 227 Å². The number of unbranched alkanes of at least 4 members (excludes halogenated alkanes) is 12. The van der Waals surface area contributed by atoms with Crippen LogP contribution < -0.4 is 11.1 Å². The van der Waals surface area contributed by atoms with Gasteiger partial charge in [-0.25, -0.2) is 4.79 Å². The Kier molecular flexibility index (Phi) is 23.3. The molecule has 2 atom stereocenters. The molecule has 216 valence electrons. The summed E-state index contributed by atoms with van der Waals surface area (Å²) in [5, 5.41) is 2.43. The van der Waals surface area contributed by atoms with Crippen molar-refractivity contribution in [2.24, 2.45) is 5.73 Å². The lowest BCUT2D eigenvalue weighted by Crippen LogP contribution is -2.51. The van der Waals surface area contributed by atoms with Gasteiger partial charge in [-0.3, -0.25) is 14.4 Å². The minimum atomic E-state index is -1.12. The molecule has 10 heteroatoms. The lowest BCUT2D eigenvalue weighted by Gasteiger charge is -2.18. The first-order valence-corrected chi connectivity index (χ1v) is 15.0. The molecule has 0 aromatic heterocycles. The molecular weight excluding hydrogens is 496 g/mol. The molecule has 0 rings (SSSR count). The van der Waals surface area contributed by atoms with E-state index >= 15 is 0 Å². The van der Waals surface area contributed by atoms with Crippen LogP contribution in [0.3, 0.4) is 0 Å². The van der Waals surface area contributed by atoms with E-state index in [2.05, 4.69) is 17.0 Å². The Hall–Kier alpha value is -1.81. The van der Waals surface area contributed by atoms with Gasteiger partial charge in [0.05, 0.1) is 13.2 Å². The number of nitrogens with one attached hydrogen (secondary N) is 1. The summed E-state index contributed by atoms with van der Waals surface area (Å²) in [6.45, 7) is 3.37. The van der Waals surface area contributed by atoms with E-state index in [4.69, 9.17) is 15.2 Å². The highest BCUT2D eigenvalue weighted by molar-refractivity contribution is 7.99. The summed E-state index contributed by atoms with van der Waals surface area (Å²) in [5.74, 6) is -1.27. The Morgan fingerprint density at radius 3 is 1.89 bits per heavy atom. The fraction of sp³-hybridized carbons (Fsp3) is 0.852. The zero-order valence-corrected chi connectivity index (χ0v) is 24.0. The molecule has 0 aliphatic heterocycles. The number of esters is 3. The molecule has 3 N–H and O–H groups in total. The number of methoxy groups -OCH3 is 1. The van der Waals surface area contributed by atoms with Crippen LogP contribution in [0.2, 0.25) is 0 Å². The second-order valence-electron chi connectivity index (χ2n) is 9.28. The van der Waals surface area contributed by atoms with E-state index in [9.17, 15) is 19.2 Å². The fourth-order valence-corrected chi connectivity index (χ4v) is 4.42. The normalized spacial score (nSPS) is 12.4. The van der Waals surface area contributed by atoms with Crippen LogP contribution in [0, 0.1) is 0 Å². The number of hydrogen-bond acceptors (Lipinski definition) is 9. The number of amides is 1. The lowest BCUT2D eigenvalue weighted by molar-refractivity contribution is -0.151. The number of carbonyl (C=O) groups is 4. The molecule has 0 aliphatic carbocycles. The van der Waals surface area contributed by atoms with Crippen LogP contribution in [0.4, 0.5) is 0 Å². The first-order valence-electron chi connectivity index (χ1n) is 13.8. The summed E-state index contributed by atoms with van der Waals surface area (Å²) >= 11 is 1.37. The average molecular weight is 547 g/mol. The van der Waals surface area contributed by atoms with E-state index in [-0.39, 0.29) is 24.9 Å². The van der Waals surface area contributed by atoms with Crippen LogP contribution in [-0.2, 0) is 33.4 Å². The van der Waals surface area contributed by atoms with Gasteiger partial charge < -0.3 is 25.3 Å². The molecule has 0 spiro atoms. The third-order valence-corrected chi connectivity index (χ3v) is 6.91. The Morgan fingerprint density at radius 1 is 0.838 bits per heavy atom. The van der Waals surface area contributed by atoms with Crippen LogP contribution in [0.25, 0.3) is 0 Å². The van der Waals surface area contributed by atoms with Crippen molar-refractivity contribution in [2.75, 3.05) is 31.8 Å². The molecule has 0 unspecified atom stereocenters. The quantitative estimate of drug-likeness (QED) is 0.103. The molecule has 0 aromatic carbocycles. The first kappa shape index (κ1) is 35.2. The van der Waals surface area contributed by atoms with Crippen molar-refractivity contribution in [3.05, 3.63) is 0 Å². The van der Waals surface area contributed by atoms with E-state index in [0.717, 1.165) is 19.3 Å². The second-order valence-corrected chi connectivity index (χ2v) is 10.4. The maximum absolute atomic E-state index is 12.2. The van der Waals surface area contributed by atoms with Crippen LogP contribution in [0.5, 0.6) is 0 Å². The summed E-state index contributed by atoms with van der Waals surface area (Å²) in [6.07, 6.45) is 16.8. The van der Waals surface area contributed by atoms with Crippen molar-refractivity contribution < 1.29 is 33.4 Å². The van der Waals surface area contributed by atoms with Gasteiger partial charge in [-0.1, -0.05) is 84.0 Å². The zero-order chi connectivity index (χ0) is 27.7. The molecule has 0 radical (unpaired) electrons. The zero-order valence-electron chi connectivity index (χ0n) is 23.2. The Bertz CT molecular complexity index is 634. The predicted octanol–water partition coefficient (Wildman–Crippen LogP) is 4.29. The van der Waals surface area contributed by atoms with Gasteiger partial charge in [-0.15, -0.1) is 0 Å². The van der Waals surface area contributed by atoms with E-state index in [1.807, 2.05) is 0 Å². The van der Waals surface area contributed by atoms with Gasteiger partial charge in [0.2, 0.25) is 5.91 Å². The van der Waals surface area contributed by atoms with E-state index in [0.29, 0.717) is 12.2 Å². The molecule has 0 saturated heterocycles. The van der Waals surface area contributed by atoms with E-state index in [1.165, 1.54) is 90.0 Å². The molecule has 0 fully saturated rings. The third kappa shape index (κ3) is 21.9. The highest BCUT2D eigenvalue weighted by Gasteiger charge is 2.25. The van der Waals surface area contributed by atoms with Gasteiger partial charge in [0.25, 0.3) is 0 Å². The summed E-state index contributed by atoms with van der Waals surface area (Å²) in [4.78, 5) is 46.8. The molecule has 0 saturated carbocycles. The van der Waals surface area contributed by atoms with Crippen molar-refractivity contribution in [1.82, 2.24) is 5.32 Å². The van der Waals surface area contributed by atoms with Crippen molar-refractivity contribution in [1.29, 1.82) is 0 Å². The Morgan fingerprint density at radius 2 is 1.38 bits per heavy atom. The summed E-state index contributed by atoms with van der Waals surface area (Å²) in [5.41, 5.74) is 5.87. The highest BCUT2D eigenvalue weighted by atomic mass is 32.2. The Balaban J connectivity index is 3.71. The number of ether oxygens (including phenoxy) is 3. The first-order chi connectivity index (χ1) is 17.8.